The molecule has 0 radical (unpaired) electrons. The Kier molecular flexibility index (Phi) is 3.36. The van der Waals surface area contributed by atoms with Crippen LogP contribution in [-0.4, -0.2) is 26.3 Å². The zero-order chi connectivity index (χ0) is 10.9. The summed E-state index contributed by atoms with van der Waals surface area (Å²) in [6.45, 7) is 6.75. The van der Waals surface area contributed by atoms with Crippen molar-refractivity contribution in [2.75, 3.05) is 20.3 Å². The lowest BCUT2D eigenvalue weighted by Gasteiger charge is -2.27. The van der Waals surface area contributed by atoms with Gasteiger partial charge in [0.25, 0.3) is 0 Å². The van der Waals surface area contributed by atoms with E-state index in [1.54, 1.807) is 0 Å². The molecule has 1 saturated heterocycles. The Hall–Kier alpha value is -0.0800. The van der Waals surface area contributed by atoms with Gasteiger partial charge in [-0.05, 0) is 50.0 Å². The first-order chi connectivity index (χ1) is 7.13. The molecule has 0 amide bonds. The summed E-state index contributed by atoms with van der Waals surface area (Å²) < 4.78 is 5.41. The Morgan fingerprint density at radius 1 is 1.33 bits per heavy atom. The molecule has 2 nitrogen and oxygen atoms in total. The SMILES string of the molecule is CNC(CC1CCOCC1)C1CC1(C)C. The van der Waals surface area contributed by atoms with Crippen LogP contribution in [-0.2, 0) is 4.74 Å². The van der Waals surface area contributed by atoms with Crippen LogP contribution < -0.4 is 5.32 Å². The Morgan fingerprint density at radius 3 is 2.40 bits per heavy atom. The summed E-state index contributed by atoms with van der Waals surface area (Å²) in [5.41, 5.74) is 0.596. The topological polar surface area (TPSA) is 21.3 Å². The normalized spacial score (nSPS) is 32.6. The van der Waals surface area contributed by atoms with Gasteiger partial charge in [-0.15, -0.1) is 0 Å². The minimum atomic E-state index is 0.596. The molecule has 2 rings (SSSR count). The van der Waals surface area contributed by atoms with E-state index in [0.29, 0.717) is 5.41 Å². The van der Waals surface area contributed by atoms with E-state index in [9.17, 15) is 0 Å². The highest BCUT2D eigenvalue weighted by Gasteiger charge is 2.49. The van der Waals surface area contributed by atoms with Crippen LogP contribution in [0.5, 0.6) is 0 Å². The first-order valence-electron chi connectivity index (χ1n) is 6.38. The number of hydrogen-bond donors (Lipinski definition) is 1. The molecule has 0 aromatic rings. The quantitative estimate of drug-likeness (QED) is 0.771. The number of nitrogens with one attached hydrogen (secondary N) is 1. The summed E-state index contributed by atoms with van der Waals surface area (Å²) in [6.07, 6.45) is 5.30. The van der Waals surface area contributed by atoms with Crippen molar-refractivity contribution in [3.63, 3.8) is 0 Å². The summed E-state index contributed by atoms with van der Waals surface area (Å²) in [7, 11) is 2.12. The van der Waals surface area contributed by atoms with Crippen LogP contribution in [0.2, 0.25) is 0 Å². The minimum absolute atomic E-state index is 0.596. The summed E-state index contributed by atoms with van der Waals surface area (Å²) in [5, 5.41) is 3.53. The second-order valence-electron chi connectivity index (χ2n) is 5.99. The molecule has 2 aliphatic rings. The first kappa shape index (κ1) is 11.4. The Bertz CT molecular complexity index is 209. The first-order valence-corrected chi connectivity index (χ1v) is 6.38. The van der Waals surface area contributed by atoms with E-state index in [1.807, 2.05) is 0 Å². The molecule has 1 aliphatic carbocycles. The van der Waals surface area contributed by atoms with E-state index in [0.717, 1.165) is 31.1 Å². The molecule has 0 spiro atoms. The third kappa shape index (κ3) is 2.73. The maximum absolute atomic E-state index is 5.41. The molecule has 2 heteroatoms. The highest BCUT2D eigenvalue weighted by molar-refractivity contribution is 5.01. The standard InChI is InChI=1S/C13H25NO/c1-13(2)9-11(13)12(14-3)8-10-4-6-15-7-5-10/h10-12,14H,4-9H2,1-3H3. The highest BCUT2D eigenvalue weighted by atomic mass is 16.5. The van der Waals surface area contributed by atoms with E-state index >= 15 is 0 Å². The number of ether oxygens (including phenoxy) is 1. The lowest BCUT2D eigenvalue weighted by atomic mass is 9.89. The molecule has 88 valence electrons. The maximum Gasteiger partial charge on any atom is 0.0468 e. The van der Waals surface area contributed by atoms with Crippen molar-refractivity contribution in [1.82, 2.24) is 5.32 Å². The maximum atomic E-state index is 5.41. The van der Waals surface area contributed by atoms with Gasteiger partial charge in [-0.2, -0.15) is 0 Å². The molecule has 0 bridgehead atoms. The van der Waals surface area contributed by atoms with Crippen LogP contribution >= 0.6 is 0 Å². The van der Waals surface area contributed by atoms with E-state index in [1.165, 1.54) is 25.7 Å². The second kappa shape index (κ2) is 4.42. The average molecular weight is 211 g/mol. The Labute approximate surface area is 93.8 Å². The molecule has 0 aromatic carbocycles. The summed E-state index contributed by atoms with van der Waals surface area (Å²) >= 11 is 0. The average Bonchev–Trinajstić information content (AvgIpc) is 2.86. The van der Waals surface area contributed by atoms with Gasteiger partial charge >= 0.3 is 0 Å². The minimum Gasteiger partial charge on any atom is -0.381 e. The molecule has 0 aromatic heterocycles. The van der Waals surface area contributed by atoms with E-state index in [2.05, 4.69) is 26.2 Å². The van der Waals surface area contributed by atoms with Crippen LogP contribution in [0, 0.1) is 17.3 Å². The fourth-order valence-electron chi connectivity index (χ4n) is 3.02. The van der Waals surface area contributed by atoms with Gasteiger partial charge in [0, 0.05) is 19.3 Å². The molecule has 2 atom stereocenters. The largest absolute Gasteiger partial charge is 0.381 e. The van der Waals surface area contributed by atoms with Crippen molar-refractivity contribution in [2.24, 2.45) is 17.3 Å². The lowest BCUT2D eigenvalue weighted by Crippen LogP contribution is -2.33. The predicted molar refractivity (Wildman–Crippen MR) is 62.9 cm³/mol. The molecule has 1 aliphatic heterocycles. The van der Waals surface area contributed by atoms with Crippen molar-refractivity contribution >= 4 is 0 Å². The van der Waals surface area contributed by atoms with Gasteiger partial charge in [0.1, 0.15) is 0 Å². The van der Waals surface area contributed by atoms with Gasteiger partial charge in [-0.3, -0.25) is 0 Å². The number of rotatable bonds is 4. The molecular formula is C13H25NO. The van der Waals surface area contributed by atoms with Gasteiger partial charge in [-0.25, -0.2) is 0 Å². The zero-order valence-corrected chi connectivity index (χ0v) is 10.4. The van der Waals surface area contributed by atoms with Crippen molar-refractivity contribution in [3.05, 3.63) is 0 Å². The van der Waals surface area contributed by atoms with Gasteiger partial charge in [-0.1, -0.05) is 13.8 Å². The van der Waals surface area contributed by atoms with Gasteiger partial charge in [0.15, 0.2) is 0 Å². The summed E-state index contributed by atoms with van der Waals surface area (Å²) in [5.74, 6) is 1.80. The van der Waals surface area contributed by atoms with Crippen LogP contribution in [0.3, 0.4) is 0 Å². The highest BCUT2D eigenvalue weighted by Crippen LogP contribution is 2.54. The Morgan fingerprint density at radius 2 is 1.93 bits per heavy atom. The summed E-state index contributed by atoms with van der Waals surface area (Å²) in [4.78, 5) is 0. The van der Waals surface area contributed by atoms with Gasteiger partial charge < -0.3 is 10.1 Å². The third-order valence-corrected chi connectivity index (χ3v) is 4.37. The van der Waals surface area contributed by atoms with Crippen LogP contribution in [0.1, 0.15) is 39.5 Å². The molecule has 15 heavy (non-hydrogen) atoms. The molecule has 2 fully saturated rings. The fraction of sp³-hybridized carbons (Fsp3) is 1.00. The zero-order valence-electron chi connectivity index (χ0n) is 10.4. The number of hydrogen-bond acceptors (Lipinski definition) is 2. The van der Waals surface area contributed by atoms with Crippen molar-refractivity contribution < 1.29 is 4.74 Å². The summed E-state index contributed by atoms with van der Waals surface area (Å²) in [6, 6.07) is 0.739. The third-order valence-electron chi connectivity index (χ3n) is 4.37. The van der Waals surface area contributed by atoms with E-state index < -0.39 is 0 Å². The predicted octanol–water partition coefficient (Wildman–Crippen LogP) is 2.44. The Balaban J connectivity index is 1.80. The van der Waals surface area contributed by atoms with Crippen LogP contribution in [0.25, 0.3) is 0 Å². The van der Waals surface area contributed by atoms with Crippen LogP contribution in [0.15, 0.2) is 0 Å². The van der Waals surface area contributed by atoms with Gasteiger partial charge in [0.2, 0.25) is 0 Å². The lowest BCUT2D eigenvalue weighted by molar-refractivity contribution is 0.0595. The van der Waals surface area contributed by atoms with Gasteiger partial charge in [0.05, 0.1) is 0 Å². The van der Waals surface area contributed by atoms with Crippen molar-refractivity contribution in [3.8, 4) is 0 Å². The molecule has 1 N–H and O–H groups in total. The van der Waals surface area contributed by atoms with E-state index in [-0.39, 0.29) is 0 Å². The molecular weight excluding hydrogens is 186 g/mol. The molecule has 2 unspecified atom stereocenters. The molecule has 1 heterocycles. The van der Waals surface area contributed by atoms with Crippen molar-refractivity contribution in [1.29, 1.82) is 0 Å². The van der Waals surface area contributed by atoms with Crippen LogP contribution in [0.4, 0.5) is 0 Å². The smallest absolute Gasteiger partial charge is 0.0468 e. The second-order valence-corrected chi connectivity index (χ2v) is 5.99. The fourth-order valence-corrected chi connectivity index (χ4v) is 3.02. The van der Waals surface area contributed by atoms with E-state index in [4.69, 9.17) is 4.74 Å². The molecule has 1 saturated carbocycles. The van der Waals surface area contributed by atoms with Crippen molar-refractivity contribution in [2.45, 2.75) is 45.6 Å². The monoisotopic (exact) mass is 211 g/mol.